The standard InChI is InChI=1S/C15H28N2O2S2/c1-7-8-17(12(4)5)21(18,19)15-9-13(6)14(20-15)10-16-11(2)3/h9,11-12,16H,7-8,10H2,1-6H3. The second kappa shape index (κ2) is 7.72. The Morgan fingerprint density at radius 2 is 1.90 bits per heavy atom. The minimum atomic E-state index is -3.38. The number of sulfonamides is 1. The molecule has 0 unspecified atom stereocenters. The van der Waals surface area contributed by atoms with Crippen molar-refractivity contribution in [2.45, 2.75) is 70.8 Å². The zero-order valence-corrected chi connectivity index (χ0v) is 15.6. The minimum absolute atomic E-state index is 0.0189. The number of hydrogen-bond donors (Lipinski definition) is 1. The molecule has 0 aliphatic carbocycles. The van der Waals surface area contributed by atoms with Crippen LogP contribution >= 0.6 is 11.3 Å². The van der Waals surface area contributed by atoms with Gasteiger partial charge in [0.05, 0.1) is 0 Å². The molecule has 0 saturated heterocycles. The molecule has 1 rings (SSSR count). The molecule has 1 aromatic rings. The van der Waals surface area contributed by atoms with Gasteiger partial charge in [-0.15, -0.1) is 11.3 Å². The fourth-order valence-corrected chi connectivity index (χ4v) is 5.48. The smallest absolute Gasteiger partial charge is 0.252 e. The average molecular weight is 333 g/mol. The zero-order valence-electron chi connectivity index (χ0n) is 13.9. The third kappa shape index (κ3) is 4.77. The van der Waals surface area contributed by atoms with E-state index in [1.165, 1.54) is 11.3 Å². The van der Waals surface area contributed by atoms with Gasteiger partial charge in [0.1, 0.15) is 4.21 Å². The lowest BCUT2D eigenvalue weighted by atomic mass is 10.3. The monoisotopic (exact) mass is 332 g/mol. The van der Waals surface area contributed by atoms with Crippen LogP contribution in [0.1, 0.15) is 51.5 Å². The molecule has 1 heterocycles. The van der Waals surface area contributed by atoms with E-state index in [2.05, 4.69) is 19.2 Å². The van der Waals surface area contributed by atoms with E-state index in [9.17, 15) is 8.42 Å². The number of rotatable bonds is 8. The Hall–Kier alpha value is -0.430. The Labute approximate surface area is 133 Å². The molecular weight excluding hydrogens is 304 g/mol. The lowest BCUT2D eigenvalue weighted by molar-refractivity contribution is 0.355. The van der Waals surface area contributed by atoms with Gasteiger partial charge in [-0.1, -0.05) is 20.8 Å². The summed E-state index contributed by atoms with van der Waals surface area (Å²) in [5, 5.41) is 3.35. The van der Waals surface area contributed by atoms with Crippen LogP contribution in [0, 0.1) is 6.92 Å². The van der Waals surface area contributed by atoms with Crippen LogP contribution in [0.5, 0.6) is 0 Å². The number of nitrogens with one attached hydrogen (secondary N) is 1. The van der Waals surface area contributed by atoms with E-state index in [1.54, 1.807) is 4.31 Å². The van der Waals surface area contributed by atoms with Gasteiger partial charge in [0, 0.05) is 30.1 Å². The van der Waals surface area contributed by atoms with Crippen molar-refractivity contribution in [3.05, 3.63) is 16.5 Å². The molecule has 0 atom stereocenters. The van der Waals surface area contributed by atoms with Crippen LogP contribution in [-0.4, -0.2) is 31.4 Å². The van der Waals surface area contributed by atoms with Crippen molar-refractivity contribution in [2.24, 2.45) is 0 Å². The Bertz CT molecular complexity index is 548. The molecule has 0 aromatic carbocycles. The third-order valence-electron chi connectivity index (χ3n) is 3.25. The molecule has 0 spiro atoms. The van der Waals surface area contributed by atoms with E-state index >= 15 is 0 Å². The van der Waals surface area contributed by atoms with E-state index in [1.807, 2.05) is 33.8 Å². The normalized spacial score (nSPS) is 12.8. The Morgan fingerprint density at radius 3 is 2.38 bits per heavy atom. The van der Waals surface area contributed by atoms with Crippen molar-refractivity contribution in [3.63, 3.8) is 0 Å². The van der Waals surface area contributed by atoms with Crippen LogP contribution < -0.4 is 5.32 Å². The molecule has 4 nitrogen and oxygen atoms in total. The zero-order chi connectivity index (χ0) is 16.2. The summed E-state index contributed by atoms with van der Waals surface area (Å²) in [5.41, 5.74) is 1.05. The van der Waals surface area contributed by atoms with E-state index in [0.29, 0.717) is 16.8 Å². The van der Waals surface area contributed by atoms with Gasteiger partial charge in [0.25, 0.3) is 10.0 Å². The van der Waals surface area contributed by atoms with Crippen LogP contribution in [0.2, 0.25) is 0 Å². The van der Waals surface area contributed by atoms with E-state index in [0.717, 1.165) is 23.4 Å². The van der Waals surface area contributed by atoms with Crippen LogP contribution in [0.4, 0.5) is 0 Å². The molecule has 0 aliphatic rings. The third-order valence-corrected chi connectivity index (χ3v) is 7.01. The Morgan fingerprint density at radius 1 is 1.29 bits per heavy atom. The summed E-state index contributed by atoms with van der Waals surface area (Å²) in [4.78, 5) is 1.10. The van der Waals surface area contributed by atoms with Gasteiger partial charge in [0.2, 0.25) is 0 Å². The highest BCUT2D eigenvalue weighted by Crippen LogP contribution is 2.29. The second-order valence-electron chi connectivity index (χ2n) is 5.92. The molecule has 1 aromatic heterocycles. The van der Waals surface area contributed by atoms with Crippen LogP contribution in [-0.2, 0) is 16.6 Å². The van der Waals surface area contributed by atoms with Gasteiger partial charge in [-0.25, -0.2) is 8.42 Å². The SMILES string of the molecule is CCCN(C(C)C)S(=O)(=O)c1cc(C)c(CNC(C)C)s1. The minimum Gasteiger partial charge on any atom is -0.310 e. The molecule has 21 heavy (non-hydrogen) atoms. The van der Waals surface area contributed by atoms with Crippen molar-refractivity contribution < 1.29 is 8.42 Å². The second-order valence-corrected chi connectivity index (χ2v) is 9.17. The Kier molecular flexibility index (Phi) is 6.84. The first-order valence-corrected chi connectivity index (χ1v) is 9.80. The molecule has 0 radical (unpaired) electrons. The topological polar surface area (TPSA) is 49.4 Å². The summed E-state index contributed by atoms with van der Waals surface area (Å²) in [6.45, 7) is 13.3. The molecule has 0 fully saturated rings. The van der Waals surface area contributed by atoms with Gasteiger partial charge < -0.3 is 5.32 Å². The molecule has 0 amide bonds. The molecule has 0 bridgehead atoms. The fourth-order valence-electron chi connectivity index (χ4n) is 2.08. The first-order valence-electron chi connectivity index (χ1n) is 7.54. The van der Waals surface area contributed by atoms with E-state index in [-0.39, 0.29) is 6.04 Å². The van der Waals surface area contributed by atoms with Crippen molar-refractivity contribution in [1.82, 2.24) is 9.62 Å². The highest BCUT2D eigenvalue weighted by Gasteiger charge is 2.28. The van der Waals surface area contributed by atoms with Crippen LogP contribution in [0.3, 0.4) is 0 Å². The predicted molar refractivity (Wildman–Crippen MR) is 90.4 cm³/mol. The van der Waals surface area contributed by atoms with E-state index in [4.69, 9.17) is 0 Å². The summed E-state index contributed by atoms with van der Waals surface area (Å²) in [6, 6.07) is 2.18. The van der Waals surface area contributed by atoms with E-state index < -0.39 is 10.0 Å². The highest BCUT2D eigenvalue weighted by molar-refractivity contribution is 7.91. The summed E-state index contributed by atoms with van der Waals surface area (Å²) >= 11 is 1.39. The maximum Gasteiger partial charge on any atom is 0.252 e. The maximum atomic E-state index is 12.8. The molecule has 1 N–H and O–H groups in total. The molecule has 0 saturated carbocycles. The summed E-state index contributed by atoms with van der Waals surface area (Å²) < 4.78 is 27.6. The van der Waals surface area contributed by atoms with Gasteiger partial charge in [-0.05, 0) is 38.8 Å². The van der Waals surface area contributed by atoms with Gasteiger partial charge in [-0.3, -0.25) is 0 Å². The van der Waals surface area contributed by atoms with Gasteiger partial charge >= 0.3 is 0 Å². The lowest BCUT2D eigenvalue weighted by Gasteiger charge is -2.24. The lowest BCUT2D eigenvalue weighted by Crippen LogP contribution is -2.37. The largest absolute Gasteiger partial charge is 0.310 e. The first-order chi connectivity index (χ1) is 9.70. The van der Waals surface area contributed by atoms with Gasteiger partial charge in [-0.2, -0.15) is 4.31 Å². The maximum absolute atomic E-state index is 12.8. The number of aryl methyl sites for hydroxylation is 1. The predicted octanol–water partition coefficient (Wildman–Crippen LogP) is 3.36. The highest BCUT2D eigenvalue weighted by atomic mass is 32.2. The van der Waals surface area contributed by atoms with Crippen molar-refractivity contribution >= 4 is 21.4 Å². The first kappa shape index (κ1) is 18.6. The quantitative estimate of drug-likeness (QED) is 0.794. The summed E-state index contributed by atoms with van der Waals surface area (Å²) in [5.74, 6) is 0. The summed E-state index contributed by atoms with van der Waals surface area (Å²) in [7, 11) is -3.38. The number of thiophene rings is 1. The van der Waals surface area contributed by atoms with Gasteiger partial charge in [0.15, 0.2) is 0 Å². The summed E-state index contributed by atoms with van der Waals surface area (Å²) in [6.07, 6.45) is 0.823. The molecule has 0 aliphatic heterocycles. The van der Waals surface area contributed by atoms with Crippen molar-refractivity contribution in [3.8, 4) is 0 Å². The van der Waals surface area contributed by atoms with Crippen LogP contribution in [0.25, 0.3) is 0 Å². The van der Waals surface area contributed by atoms with Crippen LogP contribution in [0.15, 0.2) is 10.3 Å². The number of hydrogen-bond acceptors (Lipinski definition) is 4. The fraction of sp³-hybridized carbons (Fsp3) is 0.733. The Balaban J connectivity index is 3.06. The molecule has 122 valence electrons. The van der Waals surface area contributed by atoms with Crippen molar-refractivity contribution in [2.75, 3.05) is 6.54 Å². The average Bonchev–Trinajstić information content (AvgIpc) is 2.75. The van der Waals surface area contributed by atoms with Crippen molar-refractivity contribution in [1.29, 1.82) is 0 Å². The molecule has 6 heteroatoms. The molecular formula is C15H28N2O2S2. The number of nitrogens with zero attached hydrogens (tertiary/aromatic N) is 1.